The standard InChI is InChI=1S/C49H59ClN4O3/c1-9-53-40-22-14-12-20-38(40)48(5,6)42(53)31-25-34-18-17-19-35(45(34)50)26-32-43-49(7,8)39-21-13-15-23-41(39)54(43)33-16-10-11-24-44(55)51-36-27-29-37(30-28-36)52-46(56)57-47(2,3)4/h12-15,20-23,25-32H,9-11,16-19,24,33H2,1-8H3,(H-,51,52,55,56)/p+1. The van der Waals surface area contributed by atoms with Crippen molar-refractivity contribution in [2.45, 2.75) is 117 Å². The maximum absolute atomic E-state index is 12.8. The highest BCUT2D eigenvalue weighted by Gasteiger charge is 2.44. The highest BCUT2D eigenvalue weighted by molar-refractivity contribution is 6.32. The Balaban J connectivity index is 1.10. The van der Waals surface area contributed by atoms with E-state index in [9.17, 15) is 9.59 Å². The second-order valence-electron chi connectivity index (χ2n) is 17.4. The molecule has 300 valence electrons. The van der Waals surface area contributed by atoms with Crippen molar-refractivity contribution in [2.75, 3.05) is 28.6 Å². The Morgan fingerprint density at radius 1 is 0.825 bits per heavy atom. The second kappa shape index (κ2) is 17.3. The molecular weight excluding hydrogens is 728 g/mol. The van der Waals surface area contributed by atoms with Crippen molar-refractivity contribution in [1.29, 1.82) is 0 Å². The summed E-state index contributed by atoms with van der Waals surface area (Å²) in [6.07, 6.45) is 14.7. The van der Waals surface area contributed by atoms with E-state index in [1.165, 1.54) is 45.1 Å². The third-order valence-corrected chi connectivity index (χ3v) is 11.8. The molecule has 0 saturated carbocycles. The fourth-order valence-electron chi connectivity index (χ4n) is 8.44. The zero-order valence-corrected chi connectivity index (χ0v) is 35.9. The maximum atomic E-state index is 12.8. The number of anilines is 3. The number of nitrogens with one attached hydrogen (secondary N) is 2. The number of carbonyl (C=O) groups is 2. The molecule has 2 amide bonds. The van der Waals surface area contributed by atoms with E-state index < -0.39 is 11.7 Å². The van der Waals surface area contributed by atoms with Crippen LogP contribution in [0.15, 0.2) is 119 Å². The number of amides is 2. The fourth-order valence-corrected chi connectivity index (χ4v) is 8.76. The smallest absolute Gasteiger partial charge is 0.412 e. The van der Waals surface area contributed by atoms with Gasteiger partial charge >= 0.3 is 6.09 Å². The topological polar surface area (TPSA) is 73.7 Å². The van der Waals surface area contributed by atoms with Crippen LogP contribution >= 0.6 is 11.6 Å². The van der Waals surface area contributed by atoms with Crippen molar-refractivity contribution in [2.24, 2.45) is 0 Å². The summed E-state index contributed by atoms with van der Waals surface area (Å²) in [5, 5.41) is 6.57. The van der Waals surface area contributed by atoms with E-state index in [1.54, 1.807) is 24.3 Å². The molecule has 6 rings (SSSR count). The van der Waals surface area contributed by atoms with Gasteiger partial charge in [-0.25, -0.2) is 4.79 Å². The Kier molecular flexibility index (Phi) is 12.7. The number of likely N-dealkylation sites (N-methyl/N-ethyl adjacent to an activating group) is 1. The van der Waals surface area contributed by atoms with E-state index in [0.717, 1.165) is 56.6 Å². The molecule has 8 heteroatoms. The molecule has 0 fully saturated rings. The first-order chi connectivity index (χ1) is 27.1. The Morgan fingerprint density at radius 2 is 1.49 bits per heavy atom. The van der Waals surface area contributed by atoms with Crippen LogP contribution in [0.1, 0.15) is 111 Å². The lowest BCUT2D eigenvalue weighted by atomic mass is 9.81. The van der Waals surface area contributed by atoms with Gasteiger partial charge in [0.05, 0.1) is 5.41 Å². The predicted molar refractivity (Wildman–Crippen MR) is 237 cm³/mol. The van der Waals surface area contributed by atoms with Crippen LogP contribution in [0.4, 0.5) is 27.5 Å². The third kappa shape index (κ3) is 9.47. The van der Waals surface area contributed by atoms with Gasteiger partial charge < -0.3 is 15.0 Å². The van der Waals surface area contributed by atoms with Crippen LogP contribution in [0.2, 0.25) is 0 Å². The van der Waals surface area contributed by atoms with Gasteiger partial charge in [0, 0.05) is 70.3 Å². The van der Waals surface area contributed by atoms with E-state index in [-0.39, 0.29) is 16.7 Å². The molecule has 0 bridgehead atoms. The number of ether oxygens (including phenoxy) is 1. The highest BCUT2D eigenvalue weighted by Crippen LogP contribution is 2.48. The number of halogens is 1. The number of benzene rings is 3. The van der Waals surface area contributed by atoms with Gasteiger partial charge in [-0.3, -0.25) is 10.1 Å². The first-order valence-electron chi connectivity index (χ1n) is 20.6. The van der Waals surface area contributed by atoms with Crippen LogP contribution < -0.4 is 15.5 Å². The lowest BCUT2D eigenvalue weighted by molar-refractivity contribution is -0.438. The highest BCUT2D eigenvalue weighted by atomic mass is 35.5. The van der Waals surface area contributed by atoms with Gasteiger partial charge in [0.15, 0.2) is 5.71 Å². The number of rotatable bonds is 12. The van der Waals surface area contributed by atoms with Crippen molar-refractivity contribution in [3.8, 4) is 0 Å². The first-order valence-corrected chi connectivity index (χ1v) is 21.0. The Hall–Kier alpha value is -4.88. The Morgan fingerprint density at radius 3 is 2.19 bits per heavy atom. The van der Waals surface area contributed by atoms with Crippen LogP contribution in [-0.4, -0.2) is 41.0 Å². The number of hydrogen-bond donors (Lipinski definition) is 2. The summed E-state index contributed by atoms with van der Waals surface area (Å²) in [5.74, 6) is -0.0207. The van der Waals surface area contributed by atoms with Crippen LogP contribution in [0.5, 0.6) is 0 Å². The van der Waals surface area contributed by atoms with Gasteiger partial charge in [0.1, 0.15) is 12.1 Å². The summed E-state index contributed by atoms with van der Waals surface area (Å²) in [7, 11) is 0. The summed E-state index contributed by atoms with van der Waals surface area (Å²) in [4.78, 5) is 27.3. The number of allylic oxidation sites excluding steroid dienone is 8. The molecule has 0 radical (unpaired) electrons. The quantitative estimate of drug-likeness (QED) is 0.142. The lowest BCUT2D eigenvalue weighted by Gasteiger charge is -2.26. The predicted octanol–water partition coefficient (Wildman–Crippen LogP) is 12.5. The molecule has 3 aromatic carbocycles. The van der Waals surface area contributed by atoms with E-state index >= 15 is 0 Å². The first kappa shape index (κ1) is 41.7. The van der Waals surface area contributed by atoms with E-state index in [2.05, 4.69) is 128 Å². The second-order valence-corrected chi connectivity index (χ2v) is 17.8. The largest absolute Gasteiger partial charge is 0.444 e. The number of hydrogen-bond acceptors (Lipinski definition) is 4. The molecule has 3 aliphatic rings. The van der Waals surface area contributed by atoms with Crippen LogP contribution in [-0.2, 0) is 20.4 Å². The van der Waals surface area contributed by atoms with Gasteiger partial charge in [0.2, 0.25) is 11.6 Å². The number of carbonyl (C=O) groups excluding carboxylic acids is 2. The van der Waals surface area contributed by atoms with Crippen LogP contribution in [0, 0.1) is 0 Å². The van der Waals surface area contributed by atoms with Gasteiger partial charge in [0.25, 0.3) is 0 Å². The zero-order valence-electron chi connectivity index (χ0n) is 35.1. The average Bonchev–Trinajstić information content (AvgIpc) is 3.51. The number of fused-ring (bicyclic) bond motifs is 2. The minimum absolute atomic E-state index is 0.0207. The van der Waals surface area contributed by atoms with E-state index in [1.807, 2.05) is 20.8 Å². The molecular formula is C49H60ClN4O3+. The maximum Gasteiger partial charge on any atom is 0.412 e. The molecule has 0 atom stereocenters. The minimum Gasteiger partial charge on any atom is -0.444 e. The average molecular weight is 788 g/mol. The molecule has 0 saturated heterocycles. The molecule has 57 heavy (non-hydrogen) atoms. The number of unbranched alkanes of at least 4 members (excludes halogenated alkanes) is 2. The van der Waals surface area contributed by atoms with Crippen molar-refractivity contribution >= 4 is 52.1 Å². The third-order valence-electron chi connectivity index (χ3n) is 11.4. The Labute approximate surface area is 345 Å². The molecule has 2 N–H and O–H groups in total. The summed E-state index contributed by atoms with van der Waals surface area (Å²) in [6.45, 7) is 18.7. The van der Waals surface area contributed by atoms with Gasteiger partial charge in [-0.15, -0.1) is 0 Å². The molecule has 0 unspecified atom stereocenters. The molecule has 0 aromatic heterocycles. The van der Waals surface area contributed by atoms with E-state index in [4.69, 9.17) is 16.3 Å². The molecule has 7 nitrogen and oxygen atoms in total. The van der Waals surface area contributed by atoms with Gasteiger partial charge in [-0.05, 0) is 127 Å². The normalized spacial score (nSPS) is 18.7. The summed E-state index contributed by atoms with van der Waals surface area (Å²) >= 11 is 7.23. The summed E-state index contributed by atoms with van der Waals surface area (Å²) in [6, 6.07) is 24.5. The minimum atomic E-state index is -0.576. The zero-order chi connectivity index (χ0) is 41.0. The van der Waals surface area contributed by atoms with Gasteiger partial charge in [-0.1, -0.05) is 74.0 Å². The number of para-hydroxylation sites is 2. The van der Waals surface area contributed by atoms with Crippen LogP contribution in [0.3, 0.4) is 0 Å². The van der Waals surface area contributed by atoms with Gasteiger partial charge in [-0.2, -0.15) is 4.58 Å². The molecule has 3 aromatic rings. The number of nitrogens with zero attached hydrogens (tertiary/aromatic N) is 2. The fraction of sp³-hybridized carbons (Fsp3) is 0.408. The van der Waals surface area contributed by atoms with Crippen molar-refractivity contribution in [3.05, 3.63) is 130 Å². The SMILES string of the molecule is CCN1C(=CC=C2CCCC(C=CC3=[N+](CCCCCC(=O)Nc4ccc(NC(=O)OC(C)(C)C)cc4)c4ccccc4C3(C)C)=C2Cl)C(C)(C)c2ccccc21. The van der Waals surface area contributed by atoms with Crippen molar-refractivity contribution in [3.63, 3.8) is 0 Å². The molecule has 0 spiro atoms. The van der Waals surface area contributed by atoms with E-state index in [0.29, 0.717) is 17.8 Å². The van der Waals surface area contributed by atoms with Crippen molar-refractivity contribution in [1.82, 2.24) is 0 Å². The molecule has 1 aliphatic carbocycles. The monoisotopic (exact) mass is 787 g/mol. The Bertz CT molecular complexity index is 2150. The summed E-state index contributed by atoms with van der Waals surface area (Å²) < 4.78 is 7.78. The molecule has 2 aliphatic heterocycles. The molecule has 2 heterocycles. The van der Waals surface area contributed by atoms with Crippen molar-refractivity contribution < 1.29 is 18.9 Å². The lowest BCUT2D eigenvalue weighted by Crippen LogP contribution is -2.28. The van der Waals surface area contributed by atoms with Crippen LogP contribution in [0.25, 0.3) is 0 Å². The summed E-state index contributed by atoms with van der Waals surface area (Å²) in [5.41, 5.74) is 10.7.